The number of hydrogen-bond acceptors (Lipinski definition) is 14. The maximum absolute atomic E-state index is 12.4. The summed E-state index contributed by atoms with van der Waals surface area (Å²) in [7, 11) is -16.8. The van der Waals surface area contributed by atoms with Crippen molar-refractivity contribution in [1.29, 1.82) is 0 Å². The monoisotopic (exact) mass is 830 g/mol. The number of primary sulfonamides is 4. The SMILES string of the molecule is NS(=O)(=O)c1ccc2c(c1)-c1nc-2nc2[nH]c(nc3nc(nc4[nH]c(n1)c1ccc(S(N)(=O)=O)cc41)-c1ccc(S(N)(=O)=O)cc1-3)c1cc(S(N)(=O)=O)ccc21. The molecule has 5 heterocycles. The molecule has 10 N–H and O–H groups in total. The van der Waals surface area contributed by atoms with Crippen LogP contribution in [-0.2, 0) is 40.1 Å². The minimum atomic E-state index is -4.22. The summed E-state index contributed by atoms with van der Waals surface area (Å²) in [6.45, 7) is 0. The lowest BCUT2D eigenvalue weighted by Crippen LogP contribution is -2.12. The highest BCUT2D eigenvalue weighted by Crippen LogP contribution is 2.39. The van der Waals surface area contributed by atoms with Crippen molar-refractivity contribution in [2.24, 2.45) is 20.6 Å². The quantitative estimate of drug-likeness (QED) is 0.146. The zero-order valence-corrected chi connectivity index (χ0v) is 31.1. The van der Waals surface area contributed by atoms with E-state index in [0.29, 0.717) is 21.9 Å². The molecule has 2 aliphatic rings. The van der Waals surface area contributed by atoms with Gasteiger partial charge in [-0.2, -0.15) is 0 Å². The van der Waals surface area contributed by atoms with Crippen molar-refractivity contribution in [3.05, 3.63) is 72.8 Å². The van der Waals surface area contributed by atoms with E-state index in [4.69, 9.17) is 40.5 Å². The highest BCUT2D eigenvalue weighted by molar-refractivity contribution is 7.90. The molecule has 7 aromatic rings. The van der Waals surface area contributed by atoms with Crippen LogP contribution in [0.25, 0.3) is 89.7 Å². The molecule has 0 fully saturated rings. The second-order valence-corrected chi connectivity index (χ2v) is 18.9. The van der Waals surface area contributed by atoms with Gasteiger partial charge in [0.15, 0.2) is 23.3 Å². The second-order valence-electron chi connectivity index (χ2n) is 12.6. The third-order valence-electron chi connectivity index (χ3n) is 9.03. The van der Waals surface area contributed by atoms with Gasteiger partial charge in [0.25, 0.3) is 0 Å². The molecule has 24 heteroatoms. The van der Waals surface area contributed by atoms with Gasteiger partial charge in [0, 0.05) is 43.8 Å². The molecule has 282 valence electrons. The smallest absolute Gasteiger partial charge is 0.238 e. The normalized spacial score (nSPS) is 13.2. The number of sulfonamides is 4. The fraction of sp³-hybridized carbons (Fsp3) is 0. The van der Waals surface area contributed by atoms with Gasteiger partial charge in [0.2, 0.25) is 40.1 Å². The first-order valence-corrected chi connectivity index (χ1v) is 21.9. The first-order chi connectivity index (χ1) is 26.2. The van der Waals surface area contributed by atoms with Crippen molar-refractivity contribution in [1.82, 2.24) is 39.9 Å². The molecule has 0 atom stereocenters. The van der Waals surface area contributed by atoms with E-state index in [1.54, 1.807) is 0 Å². The Morgan fingerprint density at radius 3 is 0.964 bits per heavy atom. The molecule has 8 bridgehead atoms. The van der Waals surface area contributed by atoms with Gasteiger partial charge in [-0.15, -0.1) is 0 Å². The predicted molar refractivity (Wildman–Crippen MR) is 202 cm³/mol. The summed E-state index contributed by atoms with van der Waals surface area (Å²) in [6, 6.07) is 15.9. The number of hydrogen-bond donors (Lipinski definition) is 6. The summed E-state index contributed by atoms with van der Waals surface area (Å²) >= 11 is 0. The first-order valence-electron chi connectivity index (χ1n) is 15.7. The molecule has 9 rings (SSSR count). The Kier molecular flexibility index (Phi) is 7.43. The predicted octanol–water partition coefficient (Wildman–Crippen LogP) is 1.46. The summed E-state index contributed by atoms with van der Waals surface area (Å²) in [5.41, 5.74) is 1.31. The second kappa shape index (κ2) is 11.7. The van der Waals surface area contributed by atoms with E-state index in [2.05, 4.69) is 19.9 Å². The van der Waals surface area contributed by atoms with Crippen LogP contribution < -0.4 is 20.6 Å². The van der Waals surface area contributed by atoms with Crippen molar-refractivity contribution in [3.8, 4) is 45.6 Å². The van der Waals surface area contributed by atoms with Gasteiger partial charge in [-0.1, -0.05) is 0 Å². The fourth-order valence-electron chi connectivity index (χ4n) is 6.42. The van der Waals surface area contributed by atoms with E-state index in [1.165, 1.54) is 72.8 Å². The summed E-state index contributed by atoms with van der Waals surface area (Å²) in [5, 5.41) is 23.0. The van der Waals surface area contributed by atoms with Crippen LogP contribution in [-0.4, -0.2) is 73.5 Å². The van der Waals surface area contributed by atoms with Crippen LogP contribution in [0.2, 0.25) is 0 Å². The zero-order chi connectivity index (χ0) is 39.7. The van der Waals surface area contributed by atoms with E-state index < -0.39 is 40.1 Å². The number of benzene rings is 4. The molecule has 56 heavy (non-hydrogen) atoms. The number of nitrogens with two attached hydrogens (primary N) is 4. The number of aromatic nitrogens is 8. The van der Waals surface area contributed by atoms with Crippen molar-refractivity contribution in [2.75, 3.05) is 0 Å². The minimum absolute atomic E-state index is 0.00881. The molecule has 0 saturated heterocycles. The summed E-state index contributed by atoms with van der Waals surface area (Å²) < 4.78 is 99.5. The zero-order valence-electron chi connectivity index (χ0n) is 27.8. The van der Waals surface area contributed by atoms with Crippen molar-refractivity contribution in [2.45, 2.75) is 19.6 Å². The van der Waals surface area contributed by atoms with Gasteiger partial charge >= 0.3 is 0 Å². The van der Waals surface area contributed by atoms with Crippen LogP contribution in [0.3, 0.4) is 0 Å². The Morgan fingerprint density at radius 2 is 0.625 bits per heavy atom. The van der Waals surface area contributed by atoms with Gasteiger partial charge in [-0.05, 0) is 72.8 Å². The molecular formula is C32H22N12O8S4. The maximum atomic E-state index is 12.4. The molecule has 0 unspecified atom stereocenters. The van der Waals surface area contributed by atoms with Crippen molar-refractivity contribution >= 4 is 84.2 Å². The summed E-state index contributed by atoms with van der Waals surface area (Å²) in [6.07, 6.45) is 0. The van der Waals surface area contributed by atoms with Crippen LogP contribution in [0.4, 0.5) is 0 Å². The molecule has 2 aliphatic heterocycles. The summed E-state index contributed by atoms with van der Waals surface area (Å²) in [4.78, 5) is 33.2. The van der Waals surface area contributed by atoms with Crippen LogP contribution in [0.15, 0.2) is 92.4 Å². The lowest BCUT2D eigenvalue weighted by atomic mass is 10.1. The van der Waals surface area contributed by atoms with Gasteiger partial charge in [0.05, 0.1) is 19.6 Å². The average molecular weight is 831 g/mol. The molecule has 0 saturated carbocycles. The fourth-order valence-corrected chi connectivity index (χ4v) is 8.58. The Bertz CT molecular complexity index is 3610. The van der Waals surface area contributed by atoms with Crippen LogP contribution in [0.5, 0.6) is 0 Å². The van der Waals surface area contributed by atoms with Crippen LogP contribution in [0.1, 0.15) is 0 Å². The minimum Gasteiger partial charge on any atom is -0.324 e. The third kappa shape index (κ3) is 5.87. The highest BCUT2D eigenvalue weighted by Gasteiger charge is 2.26. The molecule has 20 nitrogen and oxygen atoms in total. The topological polar surface area (TPSA) is 350 Å². The molecule has 0 radical (unpaired) electrons. The standard InChI is InChI=1S/C32H22N12O8S4/c33-53(45,46)13-1-5-17-21(9-13)29-38-25(17)37-26-18-6-2-15(55(35,49)50)11-23(18)31(39-26)44-32-24-12-16(56(36,51)52)4-8-20(24)28(43-32)42-30-22-10-14(54(34,47)48)3-7-19(22)27(40-29)41-30/h1-12H,(H2,33,45,46)(H2,34,47,48)(H2,35,49,50)(H2,36,51,52)(H2,37,38,39,40,41,42,43,44). The van der Waals surface area contributed by atoms with Crippen molar-refractivity contribution in [3.63, 3.8) is 0 Å². The number of aromatic amines is 2. The lowest BCUT2D eigenvalue weighted by molar-refractivity contribution is 0.596. The van der Waals surface area contributed by atoms with Gasteiger partial charge in [0.1, 0.15) is 22.6 Å². The summed E-state index contributed by atoms with van der Waals surface area (Å²) in [5.74, 6) is -0.0573. The number of rotatable bonds is 4. The molecular weight excluding hydrogens is 809 g/mol. The van der Waals surface area contributed by atoms with Crippen LogP contribution >= 0.6 is 0 Å². The number of H-pyrrole nitrogens is 2. The lowest BCUT2D eigenvalue weighted by Gasteiger charge is -2.02. The van der Waals surface area contributed by atoms with E-state index in [9.17, 15) is 33.7 Å². The molecule has 4 aromatic carbocycles. The highest BCUT2D eigenvalue weighted by atomic mass is 32.2. The Labute approximate surface area is 314 Å². The van der Waals surface area contributed by atoms with Crippen LogP contribution in [0, 0.1) is 0 Å². The largest absolute Gasteiger partial charge is 0.324 e. The van der Waals surface area contributed by atoms with Gasteiger partial charge in [-0.3, -0.25) is 0 Å². The van der Waals surface area contributed by atoms with E-state index in [0.717, 1.165) is 0 Å². The van der Waals surface area contributed by atoms with Gasteiger partial charge in [-0.25, -0.2) is 84.1 Å². The Morgan fingerprint density at radius 1 is 0.339 bits per heavy atom. The van der Waals surface area contributed by atoms with Gasteiger partial charge < -0.3 is 9.97 Å². The molecule has 0 amide bonds. The average Bonchev–Trinajstić information content (AvgIpc) is 3.84. The first kappa shape index (κ1) is 35.6. The van der Waals surface area contributed by atoms with E-state index in [-0.39, 0.29) is 87.4 Å². The molecule has 0 spiro atoms. The number of nitrogens with zero attached hydrogens (tertiary/aromatic N) is 6. The number of nitrogens with one attached hydrogen (secondary N) is 2. The van der Waals surface area contributed by atoms with Crippen molar-refractivity contribution < 1.29 is 33.7 Å². The van der Waals surface area contributed by atoms with E-state index in [1.807, 2.05) is 0 Å². The van der Waals surface area contributed by atoms with E-state index >= 15 is 0 Å². The maximum Gasteiger partial charge on any atom is 0.238 e. The molecule has 3 aromatic heterocycles. The number of fused-ring (bicyclic) bond motifs is 20. The Hall–Kier alpha value is -6.12. The molecule has 0 aliphatic carbocycles. The third-order valence-corrected chi connectivity index (χ3v) is 12.7. The Balaban J connectivity index is 1.50.